The van der Waals surface area contributed by atoms with Crippen LogP contribution in [0.1, 0.15) is 10.4 Å². The van der Waals surface area contributed by atoms with Gasteiger partial charge in [-0.1, -0.05) is 12.1 Å². The van der Waals surface area contributed by atoms with Crippen molar-refractivity contribution in [2.24, 2.45) is 0 Å². The second kappa shape index (κ2) is 9.35. The molecule has 0 aliphatic rings. The molecule has 0 saturated carbocycles. The van der Waals surface area contributed by atoms with Gasteiger partial charge in [-0.3, -0.25) is 45.3 Å². The normalized spacial score (nSPS) is 10.2. The standard InChI is InChI=1S/C19H12N6O9/c26-19(11-5-7-12(8-6-11)22(27)28)21-15-4-2-1-3-14(15)20-18-16(24(31)32)9-13(23(29)30)10-17(18)25(33)34/h1-10,20H,(H,21,26). The van der Waals surface area contributed by atoms with Crippen LogP contribution in [0, 0.1) is 40.5 Å². The number of nitro benzene ring substituents is 4. The van der Waals surface area contributed by atoms with Gasteiger partial charge in [0.05, 0.1) is 43.2 Å². The van der Waals surface area contributed by atoms with E-state index in [-0.39, 0.29) is 22.6 Å². The van der Waals surface area contributed by atoms with E-state index >= 15 is 0 Å². The summed E-state index contributed by atoms with van der Waals surface area (Å²) < 4.78 is 0. The minimum Gasteiger partial charge on any atom is -0.342 e. The Morgan fingerprint density at radius 3 is 1.62 bits per heavy atom. The maximum Gasteiger partial charge on any atom is 0.306 e. The number of anilines is 3. The highest BCUT2D eigenvalue weighted by Crippen LogP contribution is 2.41. The number of carbonyl (C=O) groups is 1. The quantitative estimate of drug-likeness (QED) is 0.352. The third-order valence-electron chi connectivity index (χ3n) is 4.46. The van der Waals surface area contributed by atoms with Crippen LogP contribution in [0.5, 0.6) is 0 Å². The molecule has 0 fully saturated rings. The van der Waals surface area contributed by atoms with Crippen LogP contribution >= 0.6 is 0 Å². The van der Waals surface area contributed by atoms with Crippen LogP contribution in [0.2, 0.25) is 0 Å². The summed E-state index contributed by atoms with van der Waals surface area (Å²) in [5.74, 6) is -0.683. The Hall–Kier alpha value is -5.47. The number of hydrogen-bond acceptors (Lipinski definition) is 10. The number of hydrogen-bond donors (Lipinski definition) is 2. The zero-order chi connectivity index (χ0) is 25.0. The molecule has 0 heterocycles. The van der Waals surface area contributed by atoms with E-state index in [0.29, 0.717) is 12.1 Å². The first-order valence-corrected chi connectivity index (χ1v) is 9.11. The molecule has 15 nitrogen and oxygen atoms in total. The van der Waals surface area contributed by atoms with Crippen LogP contribution in [0.3, 0.4) is 0 Å². The Bertz CT molecular complexity index is 1310. The van der Waals surface area contributed by atoms with Gasteiger partial charge in [0.1, 0.15) is 0 Å². The fourth-order valence-electron chi connectivity index (χ4n) is 2.88. The van der Waals surface area contributed by atoms with E-state index < -0.39 is 48.3 Å². The Kier molecular flexibility index (Phi) is 6.38. The van der Waals surface area contributed by atoms with Crippen LogP contribution in [-0.2, 0) is 0 Å². The number of para-hydroxylation sites is 2. The fourth-order valence-corrected chi connectivity index (χ4v) is 2.88. The molecule has 34 heavy (non-hydrogen) atoms. The van der Waals surface area contributed by atoms with E-state index in [0.717, 1.165) is 12.1 Å². The summed E-state index contributed by atoms with van der Waals surface area (Å²) >= 11 is 0. The lowest BCUT2D eigenvalue weighted by atomic mass is 10.1. The molecule has 0 aliphatic heterocycles. The summed E-state index contributed by atoms with van der Waals surface area (Å²) in [4.78, 5) is 53.7. The van der Waals surface area contributed by atoms with E-state index in [9.17, 15) is 45.3 Å². The largest absolute Gasteiger partial charge is 0.342 e. The van der Waals surface area contributed by atoms with Crippen molar-refractivity contribution in [3.8, 4) is 0 Å². The summed E-state index contributed by atoms with van der Waals surface area (Å²) in [5, 5.41) is 49.8. The van der Waals surface area contributed by atoms with Crippen LogP contribution in [0.15, 0.2) is 60.7 Å². The predicted octanol–water partition coefficient (Wildman–Crippen LogP) is 4.32. The lowest BCUT2D eigenvalue weighted by Gasteiger charge is -2.13. The number of nitro groups is 4. The minimum absolute atomic E-state index is 0.0119. The maximum atomic E-state index is 12.6. The molecule has 2 N–H and O–H groups in total. The Labute approximate surface area is 188 Å². The average Bonchev–Trinajstić information content (AvgIpc) is 2.79. The first-order chi connectivity index (χ1) is 16.1. The summed E-state index contributed by atoms with van der Waals surface area (Å²) in [6, 6.07) is 11.6. The molecule has 1 amide bonds. The third-order valence-corrected chi connectivity index (χ3v) is 4.46. The molecule has 3 aromatic carbocycles. The maximum absolute atomic E-state index is 12.6. The number of nitrogens with zero attached hydrogens (tertiary/aromatic N) is 4. The van der Waals surface area contributed by atoms with Crippen LogP contribution in [0.4, 0.5) is 39.8 Å². The molecule has 0 aliphatic carbocycles. The summed E-state index contributed by atoms with van der Waals surface area (Å²) in [6.07, 6.45) is 0. The zero-order valence-corrected chi connectivity index (χ0v) is 16.7. The van der Waals surface area contributed by atoms with Crippen LogP contribution < -0.4 is 10.6 Å². The topological polar surface area (TPSA) is 214 Å². The van der Waals surface area contributed by atoms with Gasteiger partial charge in [0.15, 0.2) is 5.69 Å². The zero-order valence-electron chi connectivity index (χ0n) is 16.7. The van der Waals surface area contributed by atoms with Crippen LogP contribution in [-0.4, -0.2) is 25.6 Å². The number of benzene rings is 3. The monoisotopic (exact) mass is 468 g/mol. The van der Waals surface area contributed by atoms with Gasteiger partial charge in [0.2, 0.25) is 0 Å². The van der Waals surface area contributed by atoms with Crippen molar-refractivity contribution in [3.63, 3.8) is 0 Å². The molecular formula is C19H12N6O9. The second-order valence-electron chi connectivity index (χ2n) is 6.56. The average molecular weight is 468 g/mol. The smallest absolute Gasteiger partial charge is 0.306 e. The van der Waals surface area contributed by atoms with Gasteiger partial charge in [0.25, 0.3) is 17.3 Å². The van der Waals surface area contributed by atoms with E-state index in [4.69, 9.17) is 0 Å². The minimum atomic E-state index is -1.01. The number of nitrogens with one attached hydrogen (secondary N) is 2. The highest BCUT2D eigenvalue weighted by Gasteiger charge is 2.31. The Balaban J connectivity index is 2.00. The van der Waals surface area contributed by atoms with Crippen molar-refractivity contribution in [3.05, 3.63) is 107 Å². The van der Waals surface area contributed by atoms with E-state index in [1.807, 2.05) is 0 Å². The van der Waals surface area contributed by atoms with Crippen molar-refractivity contribution in [2.75, 3.05) is 10.6 Å². The number of non-ortho nitro benzene ring substituents is 2. The summed E-state index contributed by atoms with van der Waals surface area (Å²) in [5.41, 5.74) is -3.40. The van der Waals surface area contributed by atoms with E-state index in [1.54, 1.807) is 0 Å². The second-order valence-corrected chi connectivity index (χ2v) is 6.56. The molecule has 3 aromatic rings. The van der Waals surface area contributed by atoms with Crippen molar-refractivity contribution in [1.29, 1.82) is 0 Å². The molecule has 0 spiro atoms. The SMILES string of the molecule is O=C(Nc1ccccc1Nc1c([N+](=O)[O-])cc([N+](=O)[O-])cc1[N+](=O)[O-])c1ccc([N+](=O)[O-])cc1. The predicted molar refractivity (Wildman–Crippen MR) is 117 cm³/mol. The number of carbonyl (C=O) groups excluding carboxylic acids is 1. The molecule has 0 aromatic heterocycles. The molecular weight excluding hydrogens is 456 g/mol. The first kappa shape index (κ1) is 23.2. The van der Waals surface area contributed by atoms with Gasteiger partial charge in [0, 0.05) is 17.7 Å². The number of rotatable bonds is 8. The summed E-state index contributed by atoms with van der Waals surface area (Å²) in [6.45, 7) is 0. The van der Waals surface area contributed by atoms with Crippen molar-refractivity contribution in [2.45, 2.75) is 0 Å². The van der Waals surface area contributed by atoms with Gasteiger partial charge in [-0.05, 0) is 24.3 Å². The van der Waals surface area contributed by atoms with Gasteiger partial charge < -0.3 is 10.6 Å². The lowest BCUT2D eigenvalue weighted by molar-refractivity contribution is -0.401. The molecule has 3 rings (SSSR count). The number of amides is 1. The third kappa shape index (κ3) is 4.88. The molecule has 0 radical (unpaired) electrons. The van der Waals surface area contributed by atoms with E-state index in [1.165, 1.54) is 36.4 Å². The van der Waals surface area contributed by atoms with Gasteiger partial charge in [-0.2, -0.15) is 0 Å². The fraction of sp³-hybridized carbons (Fsp3) is 0. The van der Waals surface area contributed by atoms with Crippen LogP contribution in [0.25, 0.3) is 0 Å². The highest BCUT2D eigenvalue weighted by atomic mass is 16.6. The molecule has 0 bridgehead atoms. The molecule has 0 unspecified atom stereocenters. The molecule has 172 valence electrons. The van der Waals surface area contributed by atoms with Crippen molar-refractivity contribution < 1.29 is 24.5 Å². The van der Waals surface area contributed by atoms with Gasteiger partial charge in [-0.15, -0.1) is 0 Å². The summed E-state index contributed by atoms with van der Waals surface area (Å²) in [7, 11) is 0. The molecule has 0 atom stereocenters. The lowest BCUT2D eigenvalue weighted by Crippen LogP contribution is -2.13. The molecule has 0 saturated heterocycles. The van der Waals surface area contributed by atoms with Crippen molar-refractivity contribution in [1.82, 2.24) is 0 Å². The Morgan fingerprint density at radius 1 is 0.647 bits per heavy atom. The Morgan fingerprint density at radius 2 is 1.15 bits per heavy atom. The highest BCUT2D eigenvalue weighted by molar-refractivity contribution is 6.06. The van der Waals surface area contributed by atoms with Gasteiger partial charge >= 0.3 is 11.4 Å². The first-order valence-electron chi connectivity index (χ1n) is 9.11. The van der Waals surface area contributed by atoms with Gasteiger partial charge in [-0.25, -0.2) is 0 Å². The van der Waals surface area contributed by atoms with Crippen molar-refractivity contribution >= 4 is 45.7 Å². The molecule has 15 heteroatoms. The van der Waals surface area contributed by atoms with E-state index in [2.05, 4.69) is 10.6 Å².